The fourth-order valence-electron chi connectivity index (χ4n) is 2.39. The number of hydrogen-bond acceptors (Lipinski definition) is 0. The monoisotopic (exact) mass is 110 g/mol. The van der Waals surface area contributed by atoms with Crippen LogP contribution in [0, 0.1) is 17.8 Å². The van der Waals surface area contributed by atoms with Crippen LogP contribution >= 0.6 is 0 Å². The molecule has 2 fully saturated rings. The minimum absolute atomic E-state index is 1.08. The van der Waals surface area contributed by atoms with Crippen molar-refractivity contribution in [2.45, 2.75) is 32.6 Å². The Balaban J connectivity index is 2.05. The molecule has 2 saturated carbocycles. The highest BCUT2D eigenvalue weighted by molar-refractivity contribution is 4.89. The van der Waals surface area contributed by atoms with Gasteiger partial charge >= 0.3 is 0 Å². The predicted octanol–water partition coefficient (Wildman–Crippen LogP) is 2.44. The molecular formula is C8H14. The van der Waals surface area contributed by atoms with E-state index in [-0.39, 0.29) is 0 Å². The van der Waals surface area contributed by atoms with Crippen molar-refractivity contribution in [1.29, 1.82) is 0 Å². The van der Waals surface area contributed by atoms with Gasteiger partial charge in [-0.2, -0.15) is 0 Å². The molecule has 0 amide bonds. The highest BCUT2D eigenvalue weighted by atomic mass is 14.4. The fraction of sp³-hybridized carbons (Fsp3) is 1.00. The zero-order valence-electron chi connectivity index (χ0n) is 5.56. The molecular weight excluding hydrogens is 96.1 g/mol. The summed E-state index contributed by atoms with van der Waals surface area (Å²) in [5.41, 5.74) is 0. The summed E-state index contributed by atoms with van der Waals surface area (Å²) >= 11 is 0. The van der Waals surface area contributed by atoms with Gasteiger partial charge in [-0.3, -0.25) is 0 Å². The third kappa shape index (κ3) is 0.463. The van der Waals surface area contributed by atoms with E-state index in [1.807, 2.05) is 0 Å². The van der Waals surface area contributed by atoms with Gasteiger partial charge in [0.25, 0.3) is 0 Å². The largest absolute Gasteiger partial charge is 0.0622 e. The summed E-state index contributed by atoms with van der Waals surface area (Å²) in [7, 11) is 0. The maximum atomic E-state index is 2.42. The molecule has 0 radical (unpaired) electrons. The Morgan fingerprint density at radius 2 is 1.75 bits per heavy atom. The topological polar surface area (TPSA) is 0 Å². The van der Waals surface area contributed by atoms with E-state index in [0.717, 1.165) is 11.8 Å². The van der Waals surface area contributed by atoms with Crippen LogP contribution in [-0.4, -0.2) is 0 Å². The zero-order chi connectivity index (χ0) is 5.56. The zero-order valence-corrected chi connectivity index (χ0v) is 5.56. The van der Waals surface area contributed by atoms with Crippen LogP contribution in [0.1, 0.15) is 32.6 Å². The van der Waals surface area contributed by atoms with E-state index in [1.54, 1.807) is 19.3 Å². The molecule has 0 aromatic carbocycles. The second kappa shape index (κ2) is 1.49. The molecule has 0 heterocycles. The van der Waals surface area contributed by atoms with Crippen molar-refractivity contribution < 1.29 is 0 Å². The van der Waals surface area contributed by atoms with Crippen LogP contribution in [0.4, 0.5) is 0 Å². The maximum Gasteiger partial charge on any atom is -0.0360 e. The van der Waals surface area contributed by atoms with Crippen LogP contribution in [-0.2, 0) is 0 Å². The molecule has 8 heavy (non-hydrogen) atoms. The van der Waals surface area contributed by atoms with E-state index >= 15 is 0 Å². The minimum atomic E-state index is 1.08. The molecule has 0 heteroatoms. The van der Waals surface area contributed by atoms with Crippen LogP contribution in [0.25, 0.3) is 0 Å². The second-order valence-electron chi connectivity index (χ2n) is 3.56. The quantitative estimate of drug-likeness (QED) is 0.449. The Hall–Kier alpha value is 0. The standard InChI is InChI=1S/C8H14/c1-6-2-3-7-4-5-8(6)7/h6-8H,2-5H2,1H3. The van der Waals surface area contributed by atoms with Crippen molar-refractivity contribution >= 4 is 0 Å². The van der Waals surface area contributed by atoms with Crippen molar-refractivity contribution in [3.8, 4) is 0 Å². The molecule has 46 valence electrons. The molecule has 0 aromatic rings. The number of rotatable bonds is 0. The van der Waals surface area contributed by atoms with E-state index in [2.05, 4.69) is 6.92 Å². The van der Waals surface area contributed by atoms with Gasteiger partial charge in [-0.1, -0.05) is 13.3 Å². The Morgan fingerprint density at radius 3 is 2.00 bits per heavy atom. The molecule has 3 unspecified atom stereocenters. The molecule has 0 nitrogen and oxygen atoms in total. The second-order valence-corrected chi connectivity index (χ2v) is 3.56. The first-order valence-electron chi connectivity index (χ1n) is 3.88. The van der Waals surface area contributed by atoms with Crippen LogP contribution < -0.4 is 0 Å². The summed E-state index contributed by atoms with van der Waals surface area (Å²) in [6.07, 6.45) is 6.17. The van der Waals surface area contributed by atoms with E-state index in [1.165, 1.54) is 12.3 Å². The highest BCUT2D eigenvalue weighted by Gasteiger charge is 2.39. The summed E-state index contributed by atoms with van der Waals surface area (Å²) in [6.45, 7) is 2.42. The number of hydrogen-bond donors (Lipinski definition) is 0. The van der Waals surface area contributed by atoms with E-state index in [0.29, 0.717) is 0 Å². The third-order valence-corrected chi connectivity index (χ3v) is 3.20. The summed E-state index contributed by atoms with van der Waals surface area (Å²) in [5.74, 6) is 3.41. The van der Waals surface area contributed by atoms with Crippen LogP contribution in [0.5, 0.6) is 0 Å². The first-order valence-corrected chi connectivity index (χ1v) is 3.88. The van der Waals surface area contributed by atoms with Gasteiger partial charge in [0, 0.05) is 0 Å². The van der Waals surface area contributed by atoms with Gasteiger partial charge in [0.1, 0.15) is 0 Å². The van der Waals surface area contributed by atoms with Gasteiger partial charge in [-0.05, 0) is 37.0 Å². The van der Waals surface area contributed by atoms with Gasteiger partial charge < -0.3 is 0 Å². The van der Waals surface area contributed by atoms with Crippen LogP contribution in [0.2, 0.25) is 0 Å². The lowest BCUT2D eigenvalue weighted by Crippen LogP contribution is -2.23. The normalized spacial score (nSPS) is 52.9. The average molecular weight is 110 g/mol. The lowest BCUT2D eigenvalue weighted by atomic mass is 9.73. The summed E-state index contributed by atoms with van der Waals surface area (Å²) in [6, 6.07) is 0. The van der Waals surface area contributed by atoms with Crippen molar-refractivity contribution in [2.75, 3.05) is 0 Å². The van der Waals surface area contributed by atoms with Gasteiger partial charge in [-0.15, -0.1) is 0 Å². The molecule has 0 bridgehead atoms. The van der Waals surface area contributed by atoms with Crippen molar-refractivity contribution in [3.05, 3.63) is 0 Å². The molecule has 2 aliphatic rings. The van der Waals surface area contributed by atoms with Gasteiger partial charge in [-0.25, -0.2) is 0 Å². The highest BCUT2D eigenvalue weighted by Crippen LogP contribution is 2.49. The molecule has 0 aliphatic heterocycles. The Bertz CT molecular complexity index is 90.2. The van der Waals surface area contributed by atoms with Crippen LogP contribution in [0.15, 0.2) is 0 Å². The first-order chi connectivity index (χ1) is 3.88. The summed E-state index contributed by atoms with van der Waals surface area (Å²) in [4.78, 5) is 0. The van der Waals surface area contributed by atoms with E-state index in [9.17, 15) is 0 Å². The van der Waals surface area contributed by atoms with E-state index < -0.39 is 0 Å². The Kier molecular flexibility index (Phi) is 0.902. The smallest absolute Gasteiger partial charge is 0.0360 e. The lowest BCUT2D eigenvalue weighted by Gasteiger charge is -2.32. The van der Waals surface area contributed by atoms with E-state index in [4.69, 9.17) is 0 Å². The Labute approximate surface area is 51.3 Å². The minimum Gasteiger partial charge on any atom is -0.0622 e. The summed E-state index contributed by atoms with van der Waals surface area (Å²) < 4.78 is 0. The molecule has 3 atom stereocenters. The van der Waals surface area contributed by atoms with Crippen LogP contribution in [0.3, 0.4) is 0 Å². The van der Waals surface area contributed by atoms with Crippen molar-refractivity contribution in [3.63, 3.8) is 0 Å². The first kappa shape index (κ1) is 4.84. The molecule has 2 aliphatic carbocycles. The Morgan fingerprint density at radius 1 is 1.00 bits per heavy atom. The number of fused-ring (bicyclic) bond motifs is 1. The molecule has 0 N–H and O–H groups in total. The van der Waals surface area contributed by atoms with Crippen molar-refractivity contribution in [1.82, 2.24) is 0 Å². The maximum absolute atomic E-state index is 2.42. The molecule has 0 saturated heterocycles. The molecule has 0 spiro atoms. The fourth-order valence-corrected chi connectivity index (χ4v) is 2.39. The third-order valence-electron chi connectivity index (χ3n) is 3.20. The molecule has 0 aromatic heterocycles. The SMILES string of the molecule is CC1CCC2CCC12. The molecule has 2 rings (SSSR count). The van der Waals surface area contributed by atoms with Gasteiger partial charge in [0.2, 0.25) is 0 Å². The summed E-state index contributed by atoms with van der Waals surface area (Å²) in [5, 5.41) is 0. The average Bonchev–Trinajstić information content (AvgIpc) is 1.80. The lowest BCUT2D eigenvalue weighted by molar-refractivity contribution is 0.180. The van der Waals surface area contributed by atoms with Gasteiger partial charge in [0.05, 0.1) is 0 Å². The van der Waals surface area contributed by atoms with Gasteiger partial charge in [0.15, 0.2) is 0 Å². The van der Waals surface area contributed by atoms with Crippen molar-refractivity contribution in [2.24, 2.45) is 17.8 Å². The predicted molar refractivity (Wildman–Crippen MR) is 34.6 cm³/mol.